The van der Waals surface area contributed by atoms with Crippen molar-refractivity contribution < 1.29 is 59.4 Å². The van der Waals surface area contributed by atoms with Crippen molar-refractivity contribution >= 4 is 35.8 Å². The van der Waals surface area contributed by atoms with E-state index in [2.05, 4.69) is 11.1 Å². The lowest BCUT2D eigenvalue weighted by atomic mass is 10.1. The molecule has 0 aromatic heterocycles. The molecule has 1 saturated heterocycles. The molecule has 0 saturated carbocycles. The number of nitrogens with two attached hydrogens (primary N) is 5. The van der Waals surface area contributed by atoms with Crippen LogP contribution in [0.1, 0.15) is 52.9 Å². The summed E-state index contributed by atoms with van der Waals surface area (Å²) in [5, 5.41) is 51.9. The first-order chi connectivity index (χ1) is 18.2. The third kappa shape index (κ3) is 32.6. The van der Waals surface area contributed by atoms with Crippen LogP contribution in [-0.2, 0) is 28.8 Å². The van der Waals surface area contributed by atoms with Crippen LogP contribution in [0.5, 0.6) is 0 Å². The minimum absolute atomic E-state index is 0.0213. The van der Waals surface area contributed by atoms with Gasteiger partial charge in [0.05, 0.1) is 12.6 Å². The molecule has 1 aliphatic heterocycles. The van der Waals surface area contributed by atoms with E-state index in [0.717, 1.165) is 19.4 Å². The number of aliphatic hydroxyl groups is 1. The van der Waals surface area contributed by atoms with Gasteiger partial charge in [0.1, 0.15) is 24.2 Å². The predicted octanol–water partition coefficient (Wildman–Crippen LogP) is -3.26. The highest BCUT2D eigenvalue weighted by Gasteiger charge is 2.20. The zero-order valence-electron chi connectivity index (χ0n) is 22.9. The van der Waals surface area contributed by atoms with Crippen molar-refractivity contribution in [3.8, 4) is 0 Å². The Morgan fingerprint density at radius 1 is 0.850 bits per heavy atom. The fourth-order valence-corrected chi connectivity index (χ4v) is 2.13. The Bertz CT molecular complexity index is 749. The van der Waals surface area contributed by atoms with Crippen LogP contribution in [0, 0.1) is 5.92 Å². The predicted molar refractivity (Wildman–Crippen MR) is 142 cm³/mol. The van der Waals surface area contributed by atoms with E-state index in [4.69, 9.17) is 53.6 Å². The maximum atomic E-state index is 10.1. The Hall–Kier alpha value is -3.42. The van der Waals surface area contributed by atoms with Crippen LogP contribution in [-0.4, -0.2) is 110 Å². The molecule has 236 valence electrons. The number of primary amides is 1. The highest BCUT2D eigenvalue weighted by molar-refractivity contribution is 5.77. The summed E-state index contributed by atoms with van der Waals surface area (Å²) in [6, 6.07) is -3.09. The lowest BCUT2D eigenvalue weighted by Crippen LogP contribution is -2.39. The molecule has 0 aromatic rings. The summed E-state index contributed by atoms with van der Waals surface area (Å²) < 4.78 is 0. The molecular formula is C22H46N6O12. The number of hydrogen-bond acceptors (Lipinski definition) is 12. The van der Waals surface area contributed by atoms with Gasteiger partial charge in [0.2, 0.25) is 5.91 Å². The number of aliphatic hydroxyl groups excluding tert-OH is 1. The van der Waals surface area contributed by atoms with E-state index in [0.29, 0.717) is 12.3 Å². The molecular weight excluding hydrogens is 540 g/mol. The summed E-state index contributed by atoms with van der Waals surface area (Å²) in [7, 11) is 0. The maximum Gasteiger partial charge on any atom is 0.323 e. The molecule has 4 unspecified atom stereocenters. The number of carboxylic acid groups (broad SMARTS) is 5. The topological polar surface area (TPSA) is 366 Å². The highest BCUT2D eigenvalue weighted by Crippen LogP contribution is 2.03. The molecule has 18 heteroatoms. The van der Waals surface area contributed by atoms with E-state index in [1.165, 1.54) is 6.92 Å². The monoisotopic (exact) mass is 586 g/mol. The third-order valence-electron chi connectivity index (χ3n) is 4.40. The Labute approximate surface area is 231 Å². The molecule has 0 aliphatic carbocycles. The van der Waals surface area contributed by atoms with E-state index in [1.807, 2.05) is 13.8 Å². The molecule has 1 amide bonds. The Kier molecular flexibility index (Phi) is 28.2. The maximum absolute atomic E-state index is 10.1. The lowest BCUT2D eigenvalue weighted by molar-refractivity contribution is -0.141. The van der Waals surface area contributed by atoms with Crippen LogP contribution in [0.4, 0.5) is 0 Å². The number of hydrogen-bond donors (Lipinski definition) is 12. The van der Waals surface area contributed by atoms with Gasteiger partial charge in [-0.1, -0.05) is 13.8 Å². The molecule has 1 aliphatic rings. The number of nitrogens with one attached hydrogen (secondary N) is 1. The zero-order valence-corrected chi connectivity index (χ0v) is 22.9. The van der Waals surface area contributed by atoms with Gasteiger partial charge in [-0.15, -0.1) is 0 Å². The third-order valence-corrected chi connectivity index (χ3v) is 4.40. The second-order valence-electron chi connectivity index (χ2n) is 8.71. The fraction of sp³-hybridized carbons (Fsp3) is 0.727. The molecule has 0 spiro atoms. The first kappa shape index (κ1) is 43.6. The minimum Gasteiger partial charge on any atom is -0.480 e. The molecule has 0 bridgehead atoms. The van der Waals surface area contributed by atoms with Gasteiger partial charge in [-0.3, -0.25) is 28.8 Å². The van der Waals surface area contributed by atoms with Gasteiger partial charge < -0.3 is 64.6 Å². The van der Waals surface area contributed by atoms with Crippen molar-refractivity contribution in [2.75, 3.05) is 13.1 Å². The van der Waals surface area contributed by atoms with Crippen LogP contribution in [0.15, 0.2) is 0 Å². The molecule has 1 rings (SSSR count). The SMILES string of the molecule is CC(C)CC(N)C(=O)O.CC(O)C(N)C(=O)O.NC(=O)CCC(N)C(=O)O.NCC(=O)O.O=C(O)[C@@H]1CCCN1. The summed E-state index contributed by atoms with van der Waals surface area (Å²) in [5.41, 5.74) is 24.5. The average molecular weight is 587 g/mol. The lowest BCUT2D eigenvalue weighted by Gasteiger charge is -2.07. The van der Waals surface area contributed by atoms with Crippen LogP contribution in [0.3, 0.4) is 0 Å². The van der Waals surface area contributed by atoms with Crippen molar-refractivity contribution in [3.63, 3.8) is 0 Å². The van der Waals surface area contributed by atoms with Crippen molar-refractivity contribution in [2.24, 2.45) is 34.6 Å². The van der Waals surface area contributed by atoms with E-state index < -0.39 is 60.0 Å². The largest absolute Gasteiger partial charge is 0.480 e. The normalized spacial score (nSPS) is 16.3. The Morgan fingerprint density at radius 2 is 1.30 bits per heavy atom. The summed E-state index contributed by atoms with van der Waals surface area (Å²) in [6.07, 6.45) is 1.48. The van der Waals surface area contributed by atoms with Gasteiger partial charge in [-0.2, -0.15) is 0 Å². The summed E-state index contributed by atoms with van der Waals surface area (Å²) >= 11 is 0. The van der Waals surface area contributed by atoms with E-state index in [1.54, 1.807) is 0 Å². The van der Waals surface area contributed by atoms with Gasteiger partial charge in [0.15, 0.2) is 0 Å². The summed E-state index contributed by atoms with van der Waals surface area (Å²) in [5.74, 6) is -5.06. The number of aliphatic carboxylic acids is 5. The van der Waals surface area contributed by atoms with Crippen molar-refractivity contribution in [3.05, 3.63) is 0 Å². The molecule has 0 radical (unpaired) electrons. The van der Waals surface area contributed by atoms with Gasteiger partial charge in [-0.25, -0.2) is 0 Å². The molecule has 18 nitrogen and oxygen atoms in total. The van der Waals surface area contributed by atoms with Crippen LogP contribution in [0.25, 0.3) is 0 Å². The number of carbonyl (C=O) groups excluding carboxylic acids is 1. The number of amides is 1. The standard InChI is InChI=1S/C6H13NO2.C5H10N2O3.C5H9NO2.C4H9NO3.C2H5NO2/c1-4(2)3-5(7)6(8)9;6-3(5(9)10)1-2-4(7)8;7-5(8)4-2-1-3-6-4;1-2(6)3(5)4(7)8;3-1-2(4)5/h4-5H,3,7H2,1-2H3,(H,8,9);3H,1-2,6H2,(H2,7,8)(H,9,10);4,6H,1-3H2,(H,7,8);2-3,6H,5H2,1H3,(H,7,8);1,3H2,(H,4,5)/t;;4-;;/m..0../s1. The van der Waals surface area contributed by atoms with Crippen LogP contribution < -0.4 is 34.0 Å². The minimum atomic E-state index is -1.18. The van der Waals surface area contributed by atoms with Gasteiger partial charge in [0, 0.05) is 6.42 Å². The van der Waals surface area contributed by atoms with Crippen LogP contribution in [0.2, 0.25) is 0 Å². The van der Waals surface area contributed by atoms with E-state index >= 15 is 0 Å². The quantitative estimate of drug-likeness (QED) is 0.113. The number of carbonyl (C=O) groups is 6. The first-order valence-corrected chi connectivity index (χ1v) is 12.0. The van der Waals surface area contributed by atoms with Crippen molar-refractivity contribution in [1.29, 1.82) is 0 Å². The fourth-order valence-electron chi connectivity index (χ4n) is 2.13. The second-order valence-corrected chi connectivity index (χ2v) is 8.71. The molecule has 1 fully saturated rings. The molecule has 0 aromatic carbocycles. The molecule has 17 N–H and O–H groups in total. The second kappa shape index (κ2) is 25.8. The van der Waals surface area contributed by atoms with Crippen LogP contribution >= 0.6 is 0 Å². The van der Waals surface area contributed by atoms with E-state index in [-0.39, 0.29) is 25.4 Å². The van der Waals surface area contributed by atoms with E-state index in [9.17, 15) is 28.8 Å². The molecule has 1 heterocycles. The van der Waals surface area contributed by atoms with Crippen molar-refractivity contribution in [2.45, 2.75) is 83.1 Å². The highest BCUT2D eigenvalue weighted by atomic mass is 16.4. The number of rotatable bonds is 11. The van der Waals surface area contributed by atoms with Gasteiger partial charge in [-0.05, 0) is 45.1 Å². The van der Waals surface area contributed by atoms with Gasteiger partial charge >= 0.3 is 29.8 Å². The first-order valence-electron chi connectivity index (χ1n) is 12.0. The zero-order chi connectivity index (χ0) is 32.6. The van der Waals surface area contributed by atoms with Gasteiger partial charge in [0.25, 0.3) is 0 Å². The Balaban J connectivity index is -0.000000205. The van der Waals surface area contributed by atoms with Crippen molar-refractivity contribution in [1.82, 2.24) is 5.32 Å². The number of carboxylic acids is 5. The average Bonchev–Trinajstić information content (AvgIpc) is 3.38. The molecule has 5 atom stereocenters. The Morgan fingerprint density at radius 3 is 1.45 bits per heavy atom. The molecule has 40 heavy (non-hydrogen) atoms. The summed E-state index contributed by atoms with van der Waals surface area (Å²) in [6.45, 7) is 5.81. The summed E-state index contributed by atoms with van der Waals surface area (Å²) in [4.78, 5) is 59.5. The smallest absolute Gasteiger partial charge is 0.323 e.